The average Bonchev–Trinajstić information content (AvgIpc) is 2.27. The number of amides is 1. The maximum Gasteiger partial charge on any atom is 0.323 e. The van der Waals surface area contributed by atoms with Gasteiger partial charge in [-0.25, -0.2) is 0 Å². The third-order valence-electron chi connectivity index (χ3n) is 3.78. The zero-order valence-electron chi connectivity index (χ0n) is 10.8. The standard InChI is InChI=1S/C12H22N2O3/c1-8(2)14(3)10(15)9-4-6-12(13,7-5-9)11(16)17/h8-9H,4-7,13H2,1-3H3,(H,16,17). The first-order valence-electron chi connectivity index (χ1n) is 6.07. The molecule has 5 heteroatoms. The van der Waals surface area contributed by atoms with Crippen molar-refractivity contribution in [3.63, 3.8) is 0 Å². The Hall–Kier alpha value is -1.10. The van der Waals surface area contributed by atoms with Gasteiger partial charge in [-0.2, -0.15) is 0 Å². The molecule has 0 unspecified atom stereocenters. The summed E-state index contributed by atoms with van der Waals surface area (Å²) in [5, 5.41) is 9.00. The normalized spacial score (nSPS) is 29.1. The molecule has 0 spiro atoms. The van der Waals surface area contributed by atoms with Gasteiger partial charge in [0.15, 0.2) is 0 Å². The van der Waals surface area contributed by atoms with Crippen LogP contribution < -0.4 is 5.73 Å². The second-order valence-electron chi connectivity index (χ2n) is 5.28. The third-order valence-corrected chi connectivity index (χ3v) is 3.78. The largest absolute Gasteiger partial charge is 0.480 e. The van der Waals surface area contributed by atoms with Crippen molar-refractivity contribution in [1.29, 1.82) is 0 Å². The van der Waals surface area contributed by atoms with E-state index < -0.39 is 11.5 Å². The van der Waals surface area contributed by atoms with Crippen LogP contribution in [0, 0.1) is 5.92 Å². The van der Waals surface area contributed by atoms with Crippen molar-refractivity contribution in [3.8, 4) is 0 Å². The minimum absolute atomic E-state index is 0.0709. The fourth-order valence-corrected chi connectivity index (χ4v) is 2.14. The predicted octanol–water partition coefficient (Wildman–Crippen LogP) is 0.825. The third kappa shape index (κ3) is 2.97. The van der Waals surface area contributed by atoms with E-state index in [1.165, 1.54) is 0 Å². The molecule has 0 aliphatic heterocycles. The zero-order valence-corrected chi connectivity index (χ0v) is 10.8. The van der Waals surface area contributed by atoms with Gasteiger partial charge in [0.1, 0.15) is 5.54 Å². The molecule has 1 aliphatic carbocycles. The number of carboxylic acid groups (broad SMARTS) is 1. The summed E-state index contributed by atoms with van der Waals surface area (Å²) in [4.78, 5) is 24.7. The molecule has 0 heterocycles. The SMILES string of the molecule is CC(C)N(C)C(=O)C1CCC(N)(C(=O)O)CC1. The molecule has 0 bridgehead atoms. The molecular weight excluding hydrogens is 220 g/mol. The summed E-state index contributed by atoms with van der Waals surface area (Å²) in [5.41, 5.74) is 4.64. The summed E-state index contributed by atoms with van der Waals surface area (Å²) >= 11 is 0. The fraction of sp³-hybridized carbons (Fsp3) is 0.833. The Morgan fingerprint density at radius 3 is 2.18 bits per heavy atom. The van der Waals surface area contributed by atoms with Crippen molar-refractivity contribution < 1.29 is 14.7 Å². The van der Waals surface area contributed by atoms with Crippen LogP contribution in [-0.4, -0.2) is 40.5 Å². The van der Waals surface area contributed by atoms with E-state index in [0.717, 1.165) is 0 Å². The summed E-state index contributed by atoms with van der Waals surface area (Å²) in [6.07, 6.45) is 1.90. The quantitative estimate of drug-likeness (QED) is 0.767. The van der Waals surface area contributed by atoms with Gasteiger partial charge in [-0.3, -0.25) is 9.59 Å². The van der Waals surface area contributed by atoms with E-state index in [0.29, 0.717) is 25.7 Å². The van der Waals surface area contributed by atoms with Crippen molar-refractivity contribution >= 4 is 11.9 Å². The molecule has 1 aliphatic rings. The number of nitrogens with zero attached hydrogens (tertiary/aromatic N) is 1. The number of rotatable bonds is 3. The highest BCUT2D eigenvalue weighted by atomic mass is 16.4. The fourth-order valence-electron chi connectivity index (χ4n) is 2.14. The van der Waals surface area contributed by atoms with E-state index >= 15 is 0 Å². The van der Waals surface area contributed by atoms with Crippen LogP contribution in [-0.2, 0) is 9.59 Å². The first-order chi connectivity index (χ1) is 7.78. The Balaban J connectivity index is 2.58. The topological polar surface area (TPSA) is 83.6 Å². The molecule has 0 aromatic rings. The van der Waals surface area contributed by atoms with E-state index in [2.05, 4.69) is 0 Å². The Morgan fingerprint density at radius 1 is 1.35 bits per heavy atom. The van der Waals surface area contributed by atoms with Crippen molar-refractivity contribution in [3.05, 3.63) is 0 Å². The number of nitrogens with two attached hydrogens (primary N) is 1. The van der Waals surface area contributed by atoms with Crippen LogP contribution in [0.3, 0.4) is 0 Å². The van der Waals surface area contributed by atoms with Crippen molar-refractivity contribution in [2.24, 2.45) is 11.7 Å². The molecule has 1 amide bonds. The minimum atomic E-state index is -1.13. The van der Waals surface area contributed by atoms with Gasteiger partial charge in [0, 0.05) is 19.0 Å². The molecule has 1 rings (SSSR count). The molecule has 0 atom stereocenters. The van der Waals surface area contributed by atoms with Crippen LogP contribution in [0.15, 0.2) is 0 Å². The Labute approximate surface area is 102 Å². The lowest BCUT2D eigenvalue weighted by molar-refractivity contribution is -0.147. The zero-order chi connectivity index (χ0) is 13.2. The highest BCUT2D eigenvalue weighted by Gasteiger charge is 2.40. The van der Waals surface area contributed by atoms with Gasteiger partial charge in [-0.1, -0.05) is 0 Å². The summed E-state index contributed by atoms with van der Waals surface area (Å²) in [7, 11) is 1.79. The summed E-state index contributed by atoms with van der Waals surface area (Å²) in [6.45, 7) is 3.93. The Bertz CT molecular complexity index is 307. The van der Waals surface area contributed by atoms with Gasteiger partial charge >= 0.3 is 5.97 Å². The first-order valence-corrected chi connectivity index (χ1v) is 6.07. The van der Waals surface area contributed by atoms with Crippen LogP contribution >= 0.6 is 0 Å². The maximum atomic E-state index is 12.1. The van der Waals surface area contributed by atoms with E-state index in [-0.39, 0.29) is 17.9 Å². The molecule has 0 saturated heterocycles. The summed E-state index contributed by atoms with van der Waals surface area (Å²) in [5.74, 6) is -0.925. The van der Waals surface area contributed by atoms with E-state index in [9.17, 15) is 9.59 Å². The van der Waals surface area contributed by atoms with Gasteiger partial charge in [0.25, 0.3) is 0 Å². The number of hydrogen-bond donors (Lipinski definition) is 2. The van der Waals surface area contributed by atoms with Gasteiger partial charge in [-0.15, -0.1) is 0 Å². The molecular formula is C12H22N2O3. The molecule has 0 aromatic carbocycles. The van der Waals surface area contributed by atoms with Crippen LogP contribution in [0.5, 0.6) is 0 Å². The molecule has 5 nitrogen and oxygen atoms in total. The number of carboxylic acids is 1. The lowest BCUT2D eigenvalue weighted by Crippen LogP contribution is -2.52. The van der Waals surface area contributed by atoms with E-state index in [1.807, 2.05) is 13.8 Å². The maximum absolute atomic E-state index is 12.1. The minimum Gasteiger partial charge on any atom is -0.480 e. The average molecular weight is 242 g/mol. The van der Waals surface area contributed by atoms with Gasteiger partial charge in [0.05, 0.1) is 0 Å². The molecule has 1 fully saturated rings. The van der Waals surface area contributed by atoms with Crippen LogP contribution in [0.4, 0.5) is 0 Å². The van der Waals surface area contributed by atoms with Crippen LogP contribution in [0.25, 0.3) is 0 Å². The molecule has 0 aromatic heterocycles. The van der Waals surface area contributed by atoms with Crippen molar-refractivity contribution in [2.45, 2.75) is 51.1 Å². The Morgan fingerprint density at radius 2 is 1.82 bits per heavy atom. The first kappa shape index (κ1) is 14.0. The predicted molar refractivity (Wildman–Crippen MR) is 64.4 cm³/mol. The molecule has 17 heavy (non-hydrogen) atoms. The van der Waals surface area contributed by atoms with Gasteiger partial charge < -0.3 is 15.7 Å². The number of carbonyl (C=O) groups is 2. The monoisotopic (exact) mass is 242 g/mol. The van der Waals surface area contributed by atoms with Crippen molar-refractivity contribution in [1.82, 2.24) is 4.90 Å². The summed E-state index contributed by atoms with van der Waals surface area (Å²) < 4.78 is 0. The van der Waals surface area contributed by atoms with Gasteiger partial charge in [-0.05, 0) is 39.5 Å². The second kappa shape index (κ2) is 5.04. The number of hydrogen-bond acceptors (Lipinski definition) is 3. The smallest absolute Gasteiger partial charge is 0.323 e. The Kier molecular flexibility index (Phi) is 4.14. The van der Waals surface area contributed by atoms with E-state index in [4.69, 9.17) is 10.8 Å². The highest BCUT2D eigenvalue weighted by Crippen LogP contribution is 2.31. The van der Waals surface area contributed by atoms with Crippen molar-refractivity contribution in [2.75, 3.05) is 7.05 Å². The second-order valence-corrected chi connectivity index (χ2v) is 5.28. The van der Waals surface area contributed by atoms with Gasteiger partial charge in [0.2, 0.25) is 5.91 Å². The molecule has 3 N–H and O–H groups in total. The molecule has 1 saturated carbocycles. The molecule has 0 radical (unpaired) electrons. The van der Waals surface area contributed by atoms with Crippen LogP contribution in [0.2, 0.25) is 0 Å². The van der Waals surface area contributed by atoms with Crippen LogP contribution in [0.1, 0.15) is 39.5 Å². The number of aliphatic carboxylic acids is 1. The lowest BCUT2D eigenvalue weighted by atomic mass is 9.76. The van der Waals surface area contributed by atoms with E-state index in [1.54, 1.807) is 11.9 Å². The summed E-state index contributed by atoms with van der Waals surface area (Å²) in [6, 6.07) is 0.173. The molecule has 98 valence electrons. The highest BCUT2D eigenvalue weighted by molar-refractivity contribution is 5.81. The lowest BCUT2D eigenvalue weighted by Gasteiger charge is -2.35. The number of carbonyl (C=O) groups excluding carboxylic acids is 1.